The number of hydrogen-bond donors (Lipinski definition) is 0. The van der Waals surface area contributed by atoms with E-state index in [-0.39, 0.29) is 12.1 Å². The van der Waals surface area contributed by atoms with Crippen LogP contribution in [-0.2, 0) is 32.4 Å². The minimum absolute atomic E-state index is 0.0125. The zero-order valence-corrected chi connectivity index (χ0v) is 16.9. The molecule has 5 atom stereocenters. The van der Waals surface area contributed by atoms with Crippen LogP contribution < -0.4 is 0 Å². The van der Waals surface area contributed by atoms with Crippen molar-refractivity contribution >= 4 is 14.3 Å². The maximum Gasteiger partial charge on any atom is 0.315 e. The van der Waals surface area contributed by atoms with Gasteiger partial charge in [0.25, 0.3) is 0 Å². The molecule has 0 aromatic heterocycles. The standard InChI is InChI=1S/C21H28O3Si/c1-12-6-7-14-8-9-20-13(2)10-17(23-19(20)22)16-11-15(12)18(14)21(16,20)24-25(3,4)5/h6-7,13,16-17H,8-11H2,1-5H3/t13?,16-,17+,20+,21-/m1/s1. The van der Waals surface area contributed by atoms with Crippen LogP contribution in [0.2, 0.25) is 19.6 Å². The molecule has 5 aliphatic rings. The van der Waals surface area contributed by atoms with E-state index in [1.165, 1.54) is 22.3 Å². The molecule has 2 saturated heterocycles. The molecule has 2 bridgehead atoms. The molecule has 2 heterocycles. The number of hydrogen-bond acceptors (Lipinski definition) is 3. The van der Waals surface area contributed by atoms with E-state index in [9.17, 15) is 4.79 Å². The Balaban J connectivity index is 1.88. The first-order valence-corrected chi connectivity index (χ1v) is 13.1. The third-order valence-corrected chi connectivity index (χ3v) is 8.30. The third kappa shape index (κ3) is 1.69. The lowest BCUT2D eigenvalue weighted by Gasteiger charge is -2.65. The quantitative estimate of drug-likeness (QED) is 0.591. The van der Waals surface area contributed by atoms with Gasteiger partial charge in [-0.25, -0.2) is 0 Å². The van der Waals surface area contributed by atoms with Crippen LogP contribution in [0.1, 0.15) is 42.0 Å². The fourth-order valence-electron chi connectivity index (χ4n) is 6.60. The maximum atomic E-state index is 13.3. The van der Waals surface area contributed by atoms with Gasteiger partial charge < -0.3 is 9.16 Å². The fourth-order valence-corrected chi connectivity index (χ4v) is 8.00. The predicted octanol–water partition coefficient (Wildman–Crippen LogP) is 4.11. The van der Waals surface area contributed by atoms with Crippen LogP contribution in [0.5, 0.6) is 0 Å². The van der Waals surface area contributed by atoms with Gasteiger partial charge >= 0.3 is 5.97 Å². The molecule has 1 saturated carbocycles. The molecule has 1 aromatic carbocycles. The molecule has 6 rings (SSSR count). The average molecular weight is 357 g/mol. The van der Waals surface area contributed by atoms with Gasteiger partial charge in [-0.1, -0.05) is 19.1 Å². The van der Waals surface area contributed by atoms with E-state index in [2.05, 4.69) is 45.6 Å². The van der Waals surface area contributed by atoms with Gasteiger partial charge in [-0.05, 0) is 80.4 Å². The van der Waals surface area contributed by atoms with Crippen molar-refractivity contribution < 1.29 is 14.0 Å². The average Bonchev–Trinajstić information content (AvgIpc) is 2.84. The summed E-state index contributed by atoms with van der Waals surface area (Å²) >= 11 is 0. The molecule has 3 aliphatic carbocycles. The van der Waals surface area contributed by atoms with Crippen molar-refractivity contribution in [1.29, 1.82) is 0 Å². The van der Waals surface area contributed by atoms with E-state index in [0.717, 1.165) is 25.7 Å². The Kier molecular flexibility index (Phi) is 2.94. The Hall–Kier alpha value is -1.13. The number of ether oxygens (including phenoxy) is 1. The first-order valence-electron chi connectivity index (χ1n) is 9.74. The smallest absolute Gasteiger partial charge is 0.315 e. The molecule has 4 heteroatoms. The van der Waals surface area contributed by atoms with Crippen LogP contribution in [0.15, 0.2) is 12.1 Å². The maximum absolute atomic E-state index is 13.3. The summed E-state index contributed by atoms with van der Waals surface area (Å²) in [7, 11) is -1.87. The third-order valence-electron chi connectivity index (χ3n) is 7.37. The number of carbonyl (C=O) groups is 1. The molecule has 1 spiro atoms. The van der Waals surface area contributed by atoms with E-state index in [1.807, 2.05) is 0 Å². The lowest BCUT2D eigenvalue weighted by Crippen LogP contribution is -2.72. The van der Waals surface area contributed by atoms with Gasteiger partial charge in [0.2, 0.25) is 0 Å². The topological polar surface area (TPSA) is 35.5 Å². The van der Waals surface area contributed by atoms with E-state index in [4.69, 9.17) is 9.16 Å². The van der Waals surface area contributed by atoms with Crippen LogP contribution >= 0.6 is 0 Å². The summed E-state index contributed by atoms with van der Waals surface area (Å²) in [6, 6.07) is 4.55. The van der Waals surface area contributed by atoms with Gasteiger partial charge in [0.05, 0.1) is 0 Å². The summed E-state index contributed by atoms with van der Waals surface area (Å²) in [5.74, 6) is 0.639. The summed E-state index contributed by atoms with van der Waals surface area (Å²) < 4.78 is 13.1. The van der Waals surface area contributed by atoms with Gasteiger partial charge in [-0.15, -0.1) is 0 Å². The number of esters is 1. The molecule has 0 N–H and O–H groups in total. The molecule has 0 amide bonds. The molecule has 1 unspecified atom stereocenters. The summed E-state index contributed by atoms with van der Waals surface area (Å²) in [6.07, 6.45) is 3.85. The Bertz CT molecular complexity index is 795. The zero-order chi connectivity index (χ0) is 17.8. The number of benzene rings is 1. The molecular formula is C21H28O3Si. The Morgan fingerprint density at radius 3 is 2.72 bits per heavy atom. The van der Waals surface area contributed by atoms with Crippen molar-refractivity contribution in [2.75, 3.05) is 0 Å². The zero-order valence-electron chi connectivity index (χ0n) is 15.9. The monoisotopic (exact) mass is 356 g/mol. The fraction of sp³-hybridized carbons (Fsp3) is 0.667. The Morgan fingerprint density at radius 1 is 1.28 bits per heavy atom. The lowest BCUT2D eigenvalue weighted by molar-refractivity contribution is -0.268. The van der Waals surface area contributed by atoms with Crippen molar-refractivity contribution in [3.8, 4) is 0 Å². The molecule has 1 aromatic rings. The second-order valence-corrected chi connectivity index (χ2v) is 14.1. The van der Waals surface area contributed by atoms with Crippen LogP contribution in [0, 0.1) is 24.2 Å². The van der Waals surface area contributed by atoms with E-state index in [1.54, 1.807) is 0 Å². The highest BCUT2D eigenvalue weighted by atomic mass is 28.4. The minimum Gasteiger partial charge on any atom is -0.461 e. The largest absolute Gasteiger partial charge is 0.461 e. The summed E-state index contributed by atoms with van der Waals surface area (Å²) in [4.78, 5) is 13.3. The highest BCUT2D eigenvalue weighted by Crippen LogP contribution is 2.71. The van der Waals surface area contributed by atoms with E-state index in [0.29, 0.717) is 11.8 Å². The minimum atomic E-state index is -1.87. The molecule has 3 fully saturated rings. The normalized spacial score (nSPS) is 40.8. The molecule has 134 valence electrons. The molecule has 25 heavy (non-hydrogen) atoms. The van der Waals surface area contributed by atoms with E-state index < -0.39 is 19.3 Å². The van der Waals surface area contributed by atoms with Gasteiger partial charge in [0, 0.05) is 5.92 Å². The van der Waals surface area contributed by atoms with Crippen LogP contribution in [0.4, 0.5) is 0 Å². The van der Waals surface area contributed by atoms with Crippen molar-refractivity contribution in [1.82, 2.24) is 0 Å². The summed E-state index contributed by atoms with van der Waals surface area (Å²) in [5.41, 5.74) is 4.67. The highest BCUT2D eigenvalue weighted by Gasteiger charge is 2.77. The predicted molar refractivity (Wildman–Crippen MR) is 98.9 cm³/mol. The van der Waals surface area contributed by atoms with Gasteiger partial charge in [0.1, 0.15) is 17.1 Å². The number of fused-ring (bicyclic) bond motifs is 2. The first kappa shape index (κ1) is 16.1. The van der Waals surface area contributed by atoms with Crippen molar-refractivity contribution in [2.45, 2.75) is 70.9 Å². The van der Waals surface area contributed by atoms with Gasteiger partial charge in [-0.3, -0.25) is 4.79 Å². The molecule has 3 nitrogen and oxygen atoms in total. The summed E-state index contributed by atoms with van der Waals surface area (Å²) in [5, 5.41) is 0. The van der Waals surface area contributed by atoms with E-state index >= 15 is 0 Å². The highest BCUT2D eigenvalue weighted by molar-refractivity contribution is 6.69. The number of aryl methyl sites for hydroxylation is 2. The van der Waals surface area contributed by atoms with Crippen LogP contribution in [0.25, 0.3) is 0 Å². The molecule has 0 radical (unpaired) electrons. The van der Waals surface area contributed by atoms with Gasteiger partial charge in [0.15, 0.2) is 8.32 Å². The van der Waals surface area contributed by atoms with Gasteiger partial charge in [-0.2, -0.15) is 0 Å². The SMILES string of the molecule is Cc1ccc2c3c1C[C@@H]1[C@@H]4CC(C)[C@@](CC2)(C(=O)O4)[C@]31O[Si](C)(C)C. The second kappa shape index (κ2) is 4.58. The van der Waals surface area contributed by atoms with Crippen molar-refractivity contribution in [2.24, 2.45) is 17.3 Å². The Morgan fingerprint density at radius 2 is 2.04 bits per heavy atom. The molecular weight excluding hydrogens is 328 g/mol. The second-order valence-electron chi connectivity index (χ2n) is 9.71. The lowest BCUT2D eigenvalue weighted by atomic mass is 9.47. The van der Waals surface area contributed by atoms with Crippen molar-refractivity contribution in [3.63, 3.8) is 0 Å². The Labute approximate surface area is 151 Å². The first-order chi connectivity index (χ1) is 11.7. The number of rotatable bonds is 2. The van der Waals surface area contributed by atoms with Crippen molar-refractivity contribution in [3.05, 3.63) is 34.4 Å². The number of carbonyl (C=O) groups excluding carboxylic acids is 1. The van der Waals surface area contributed by atoms with Crippen LogP contribution in [-0.4, -0.2) is 20.4 Å². The van der Waals surface area contributed by atoms with Crippen LogP contribution in [0.3, 0.4) is 0 Å². The molecule has 2 aliphatic heterocycles. The summed E-state index contributed by atoms with van der Waals surface area (Å²) in [6.45, 7) is 11.3.